The number of carbonyl (C=O) groups is 1. The first-order valence-corrected chi connectivity index (χ1v) is 12.2. The molecule has 1 aromatic heterocycles. The summed E-state index contributed by atoms with van der Waals surface area (Å²) in [4.78, 5) is 17.8. The summed E-state index contributed by atoms with van der Waals surface area (Å²) in [5.41, 5.74) is 18.4. The van der Waals surface area contributed by atoms with Crippen molar-refractivity contribution in [3.8, 4) is 16.9 Å². The van der Waals surface area contributed by atoms with Crippen molar-refractivity contribution in [2.24, 2.45) is 11.7 Å². The number of methoxy groups -OCH3 is 1. The molecular formula is C28H36N4O2. The molecule has 0 atom stereocenters. The first kappa shape index (κ1) is 24.0. The number of anilines is 2. The lowest BCUT2D eigenvalue weighted by Crippen LogP contribution is -2.33. The Morgan fingerprint density at radius 2 is 1.88 bits per heavy atom. The summed E-state index contributed by atoms with van der Waals surface area (Å²) in [5, 5.41) is 4.67. The summed E-state index contributed by atoms with van der Waals surface area (Å²) in [7, 11) is 1.65. The number of ether oxygens (including phenoxy) is 1. The van der Waals surface area contributed by atoms with Crippen LogP contribution in [0.1, 0.15) is 61.9 Å². The highest BCUT2D eigenvalue weighted by Crippen LogP contribution is 2.36. The summed E-state index contributed by atoms with van der Waals surface area (Å²) < 4.78 is 5.54. The predicted octanol–water partition coefficient (Wildman–Crippen LogP) is 5.71. The van der Waals surface area contributed by atoms with Crippen molar-refractivity contribution in [2.75, 3.05) is 18.2 Å². The van der Waals surface area contributed by atoms with Gasteiger partial charge in [0.1, 0.15) is 5.75 Å². The van der Waals surface area contributed by atoms with E-state index in [9.17, 15) is 4.79 Å². The molecule has 0 amide bonds. The van der Waals surface area contributed by atoms with Gasteiger partial charge >= 0.3 is 0 Å². The van der Waals surface area contributed by atoms with Gasteiger partial charge in [-0.1, -0.05) is 19.9 Å². The third kappa shape index (κ3) is 5.02. The average Bonchev–Trinajstić information content (AvgIpc) is 2.81. The van der Waals surface area contributed by atoms with Gasteiger partial charge < -0.3 is 21.5 Å². The molecule has 0 saturated heterocycles. The van der Waals surface area contributed by atoms with E-state index in [1.807, 2.05) is 31.2 Å². The maximum atomic E-state index is 13.2. The molecule has 0 spiro atoms. The second-order valence-electron chi connectivity index (χ2n) is 9.95. The number of pyridine rings is 1. The van der Waals surface area contributed by atoms with E-state index in [4.69, 9.17) is 16.2 Å². The van der Waals surface area contributed by atoms with Gasteiger partial charge in [0.05, 0.1) is 23.9 Å². The fourth-order valence-corrected chi connectivity index (χ4v) is 4.78. The third-order valence-corrected chi connectivity index (χ3v) is 6.84. The van der Waals surface area contributed by atoms with E-state index >= 15 is 0 Å². The molecule has 2 aromatic carbocycles. The third-order valence-electron chi connectivity index (χ3n) is 6.84. The Hall–Kier alpha value is -3.12. The molecular weight excluding hydrogens is 424 g/mol. The topological polar surface area (TPSA) is 103 Å². The van der Waals surface area contributed by atoms with E-state index in [1.165, 1.54) is 0 Å². The van der Waals surface area contributed by atoms with Gasteiger partial charge in [-0.3, -0.25) is 9.78 Å². The number of nitrogen functional groups attached to an aromatic ring is 1. The number of carbonyl (C=O) groups excluding carboxylic acids is 1. The molecule has 4 rings (SSSR count). The predicted molar refractivity (Wildman–Crippen MR) is 141 cm³/mol. The van der Waals surface area contributed by atoms with Crippen molar-refractivity contribution in [1.82, 2.24) is 4.98 Å². The lowest BCUT2D eigenvalue weighted by atomic mass is 9.90. The Balaban J connectivity index is 1.83. The van der Waals surface area contributed by atoms with Crippen LogP contribution in [-0.2, 0) is 0 Å². The highest BCUT2D eigenvalue weighted by atomic mass is 16.5. The monoisotopic (exact) mass is 460 g/mol. The molecule has 1 aliphatic rings. The zero-order valence-corrected chi connectivity index (χ0v) is 20.7. The number of aromatic nitrogens is 1. The van der Waals surface area contributed by atoms with Crippen LogP contribution < -0.4 is 21.5 Å². The number of ketones is 1. The first-order chi connectivity index (χ1) is 16.3. The first-order valence-electron chi connectivity index (χ1n) is 12.2. The molecule has 0 radical (unpaired) electrons. The van der Waals surface area contributed by atoms with Crippen LogP contribution in [-0.4, -0.2) is 30.0 Å². The molecule has 6 nitrogen and oxygen atoms in total. The van der Waals surface area contributed by atoms with E-state index in [0.29, 0.717) is 17.7 Å². The number of benzene rings is 2. The van der Waals surface area contributed by atoms with Crippen LogP contribution in [0.15, 0.2) is 36.5 Å². The number of fused-ring (bicyclic) bond motifs is 1. The number of nitrogens with zero attached hydrogens (tertiary/aromatic N) is 1. The van der Waals surface area contributed by atoms with Gasteiger partial charge in [-0.25, -0.2) is 0 Å². The van der Waals surface area contributed by atoms with Gasteiger partial charge in [-0.15, -0.1) is 0 Å². The lowest BCUT2D eigenvalue weighted by molar-refractivity contribution is 0.0968. The number of rotatable bonds is 7. The Morgan fingerprint density at radius 1 is 1.15 bits per heavy atom. The maximum Gasteiger partial charge on any atom is 0.166 e. The molecule has 0 bridgehead atoms. The molecule has 0 unspecified atom stereocenters. The van der Waals surface area contributed by atoms with Gasteiger partial charge in [-0.2, -0.15) is 0 Å². The molecule has 5 N–H and O–H groups in total. The quantitative estimate of drug-likeness (QED) is 0.308. The van der Waals surface area contributed by atoms with Gasteiger partial charge in [0.25, 0.3) is 0 Å². The Labute approximate surface area is 202 Å². The molecule has 0 aliphatic heterocycles. The van der Waals surface area contributed by atoms with Crippen molar-refractivity contribution in [3.05, 3.63) is 47.7 Å². The zero-order chi connectivity index (χ0) is 24.4. The summed E-state index contributed by atoms with van der Waals surface area (Å²) in [5.74, 6) is 1.15. The number of hydrogen-bond acceptors (Lipinski definition) is 6. The van der Waals surface area contributed by atoms with E-state index < -0.39 is 0 Å². The van der Waals surface area contributed by atoms with Gasteiger partial charge in [0.15, 0.2) is 5.78 Å². The van der Waals surface area contributed by atoms with Crippen LogP contribution in [0.2, 0.25) is 0 Å². The SMILES string of the molecule is COc1cc(-c2ccc3ncc(C(=O)CC(C)C)c(N[C@H]4CC[C@H](N)CC4)c3c2)cc(N)c1C. The Kier molecular flexibility index (Phi) is 7.08. The van der Waals surface area contributed by atoms with E-state index in [2.05, 4.69) is 30.2 Å². The zero-order valence-electron chi connectivity index (χ0n) is 20.7. The fourth-order valence-electron chi connectivity index (χ4n) is 4.78. The molecule has 3 aromatic rings. The normalized spacial score (nSPS) is 18.3. The second kappa shape index (κ2) is 10.0. The number of hydrogen-bond donors (Lipinski definition) is 3. The maximum absolute atomic E-state index is 13.2. The summed E-state index contributed by atoms with van der Waals surface area (Å²) in [6.07, 6.45) is 6.19. The number of Topliss-reactive ketones (excluding diaryl/α,β-unsaturated/α-hetero) is 1. The molecule has 6 heteroatoms. The van der Waals surface area contributed by atoms with E-state index in [0.717, 1.165) is 64.7 Å². The summed E-state index contributed by atoms with van der Waals surface area (Å²) >= 11 is 0. The highest BCUT2D eigenvalue weighted by molar-refractivity contribution is 6.08. The molecule has 1 heterocycles. The Morgan fingerprint density at radius 3 is 2.56 bits per heavy atom. The second-order valence-corrected chi connectivity index (χ2v) is 9.95. The fraction of sp³-hybridized carbons (Fsp3) is 0.429. The molecule has 1 saturated carbocycles. The van der Waals surface area contributed by atoms with Crippen molar-refractivity contribution in [1.29, 1.82) is 0 Å². The smallest absolute Gasteiger partial charge is 0.166 e. The van der Waals surface area contributed by atoms with Crippen molar-refractivity contribution >= 4 is 28.1 Å². The summed E-state index contributed by atoms with van der Waals surface area (Å²) in [6, 6.07) is 10.7. The average molecular weight is 461 g/mol. The van der Waals surface area contributed by atoms with E-state index in [1.54, 1.807) is 13.3 Å². The van der Waals surface area contributed by atoms with Crippen LogP contribution in [0.4, 0.5) is 11.4 Å². The van der Waals surface area contributed by atoms with Gasteiger partial charge in [0.2, 0.25) is 0 Å². The Bertz CT molecular complexity index is 1200. The summed E-state index contributed by atoms with van der Waals surface area (Å²) in [6.45, 7) is 6.08. The largest absolute Gasteiger partial charge is 0.496 e. The minimum Gasteiger partial charge on any atom is -0.496 e. The number of nitrogens with two attached hydrogens (primary N) is 2. The van der Waals surface area contributed by atoms with Gasteiger partial charge in [0, 0.05) is 41.3 Å². The van der Waals surface area contributed by atoms with Crippen LogP contribution in [0, 0.1) is 12.8 Å². The van der Waals surface area contributed by atoms with Crippen LogP contribution in [0.5, 0.6) is 5.75 Å². The minimum atomic E-state index is 0.117. The minimum absolute atomic E-state index is 0.117. The van der Waals surface area contributed by atoms with Crippen molar-refractivity contribution in [3.63, 3.8) is 0 Å². The van der Waals surface area contributed by atoms with Crippen molar-refractivity contribution < 1.29 is 9.53 Å². The van der Waals surface area contributed by atoms with Crippen LogP contribution in [0.25, 0.3) is 22.0 Å². The van der Waals surface area contributed by atoms with Crippen LogP contribution in [0.3, 0.4) is 0 Å². The molecule has 180 valence electrons. The number of nitrogens with one attached hydrogen (secondary N) is 1. The lowest BCUT2D eigenvalue weighted by Gasteiger charge is -2.29. The molecule has 1 aliphatic carbocycles. The van der Waals surface area contributed by atoms with E-state index in [-0.39, 0.29) is 23.8 Å². The van der Waals surface area contributed by atoms with Gasteiger partial charge in [-0.05, 0) is 73.9 Å². The highest BCUT2D eigenvalue weighted by Gasteiger charge is 2.23. The van der Waals surface area contributed by atoms with Crippen molar-refractivity contribution in [2.45, 2.75) is 65.0 Å². The standard InChI is InChI=1S/C28H36N4O2/c1-16(2)11-26(33)23-15-31-25-10-5-18(19-13-24(30)17(3)27(14-19)34-4)12-22(25)28(23)32-21-8-6-20(29)7-9-21/h5,10,12-16,20-21H,6-9,11,29-30H2,1-4H3,(H,31,32)/t20-,21-. The molecule has 34 heavy (non-hydrogen) atoms. The molecule has 1 fully saturated rings. The van der Waals surface area contributed by atoms with Crippen LogP contribution >= 0.6 is 0 Å².